The summed E-state index contributed by atoms with van der Waals surface area (Å²) in [6, 6.07) is 15.9. The molecule has 0 aliphatic carbocycles. The summed E-state index contributed by atoms with van der Waals surface area (Å²) in [6.07, 6.45) is 1.65. The van der Waals surface area contributed by atoms with Gasteiger partial charge in [-0.3, -0.25) is 13.9 Å². The fourth-order valence-electron chi connectivity index (χ4n) is 3.87. The molecular weight excluding hydrogens is 616 g/mol. The first kappa shape index (κ1) is 32.0. The topological polar surface area (TPSA) is 86.8 Å². The number of nitrogens with zero attached hydrogens (tertiary/aromatic N) is 2. The van der Waals surface area contributed by atoms with Crippen molar-refractivity contribution in [3.63, 3.8) is 0 Å². The number of hydrogen-bond donors (Lipinski definition) is 1. The van der Waals surface area contributed by atoms with E-state index in [1.807, 2.05) is 6.92 Å². The molecule has 40 heavy (non-hydrogen) atoms. The number of amides is 2. The summed E-state index contributed by atoms with van der Waals surface area (Å²) in [5, 5.41) is 3.88. The molecule has 0 aliphatic rings. The number of sulfonamides is 1. The lowest BCUT2D eigenvalue weighted by Gasteiger charge is -2.32. The molecule has 1 N–H and O–H groups in total. The smallest absolute Gasteiger partial charge is 0.264 e. The predicted molar refractivity (Wildman–Crippen MR) is 162 cm³/mol. The summed E-state index contributed by atoms with van der Waals surface area (Å²) in [4.78, 5) is 28.2. The van der Waals surface area contributed by atoms with Gasteiger partial charge in [-0.1, -0.05) is 84.0 Å². The molecule has 0 spiro atoms. The Kier molecular flexibility index (Phi) is 11.5. The lowest BCUT2D eigenvalue weighted by Crippen LogP contribution is -2.51. The molecule has 1 atom stereocenters. The van der Waals surface area contributed by atoms with Crippen molar-refractivity contribution >= 4 is 73.9 Å². The van der Waals surface area contributed by atoms with Crippen molar-refractivity contribution in [3.05, 3.63) is 92.4 Å². The van der Waals surface area contributed by atoms with E-state index in [9.17, 15) is 18.0 Å². The van der Waals surface area contributed by atoms with Crippen LogP contribution in [0.2, 0.25) is 20.1 Å². The number of benzene rings is 3. The van der Waals surface area contributed by atoms with E-state index in [0.29, 0.717) is 27.2 Å². The number of anilines is 1. The highest BCUT2D eigenvalue weighted by molar-refractivity contribution is 7.92. The van der Waals surface area contributed by atoms with Crippen molar-refractivity contribution in [2.75, 3.05) is 17.4 Å². The zero-order valence-corrected chi connectivity index (χ0v) is 25.8. The van der Waals surface area contributed by atoms with Crippen LogP contribution >= 0.6 is 46.4 Å². The van der Waals surface area contributed by atoms with Crippen LogP contribution in [0.25, 0.3) is 0 Å². The first-order valence-corrected chi connectivity index (χ1v) is 15.4. The van der Waals surface area contributed by atoms with E-state index in [-0.39, 0.29) is 28.1 Å². The molecule has 0 heterocycles. The van der Waals surface area contributed by atoms with Gasteiger partial charge in [-0.25, -0.2) is 8.42 Å². The zero-order chi connectivity index (χ0) is 29.4. The van der Waals surface area contributed by atoms with E-state index in [2.05, 4.69) is 5.32 Å². The number of unbranched alkanes of at least 4 members (excludes halogenated alkanes) is 1. The van der Waals surface area contributed by atoms with Crippen LogP contribution in [0.4, 0.5) is 5.69 Å². The van der Waals surface area contributed by atoms with E-state index < -0.39 is 28.5 Å². The molecule has 3 aromatic rings. The standard InChI is InChI=1S/C28H29Cl4N3O4S/c1-3-4-14-33-28(37)19(2)34(17-20-10-11-21(29)15-24(20)31)27(36)18-35(26-13-12-22(30)16-25(26)32)40(38,39)23-8-6-5-7-9-23/h5-13,15-16,19H,3-4,14,17-18H2,1-2H3,(H,33,37)/t19-/m1/s1. The van der Waals surface area contributed by atoms with Gasteiger partial charge in [-0.15, -0.1) is 0 Å². The van der Waals surface area contributed by atoms with Crippen LogP contribution in [-0.2, 0) is 26.2 Å². The van der Waals surface area contributed by atoms with Crippen LogP contribution in [0.15, 0.2) is 71.6 Å². The summed E-state index contributed by atoms with van der Waals surface area (Å²) in [5.41, 5.74) is 0.599. The molecule has 0 fully saturated rings. The fraction of sp³-hybridized carbons (Fsp3) is 0.286. The van der Waals surface area contributed by atoms with Crippen molar-refractivity contribution in [1.82, 2.24) is 10.2 Å². The molecule has 0 bridgehead atoms. The van der Waals surface area contributed by atoms with Gasteiger partial charge in [0.1, 0.15) is 12.6 Å². The number of carbonyl (C=O) groups excluding carboxylic acids is 2. The third-order valence-corrected chi connectivity index (χ3v) is 9.04. The van der Waals surface area contributed by atoms with Gasteiger partial charge in [0.25, 0.3) is 10.0 Å². The number of rotatable bonds is 12. The fourth-order valence-corrected chi connectivity index (χ4v) is 6.35. The lowest BCUT2D eigenvalue weighted by molar-refractivity contribution is -0.139. The van der Waals surface area contributed by atoms with Crippen molar-refractivity contribution in [3.8, 4) is 0 Å². The summed E-state index contributed by atoms with van der Waals surface area (Å²) in [5.74, 6) is -1.02. The largest absolute Gasteiger partial charge is 0.354 e. The second-order valence-corrected chi connectivity index (χ2v) is 12.5. The Labute approximate surface area is 255 Å². The normalized spacial score (nSPS) is 12.1. The van der Waals surface area contributed by atoms with E-state index in [0.717, 1.165) is 17.1 Å². The quantitative estimate of drug-likeness (QED) is 0.219. The van der Waals surface area contributed by atoms with E-state index >= 15 is 0 Å². The molecule has 0 saturated carbocycles. The molecule has 0 radical (unpaired) electrons. The highest BCUT2D eigenvalue weighted by atomic mass is 35.5. The van der Waals surface area contributed by atoms with Crippen LogP contribution in [0.1, 0.15) is 32.3 Å². The maximum atomic E-state index is 13.9. The zero-order valence-electron chi connectivity index (χ0n) is 21.9. The third-order valence-electron chi connectivity index (χ3n) is 6.14. The summed E-state index contributed by atoms with van der Waals surface area (Å²) < 4.78 is 28.5. The molecule has 214 valence electrons. The Morgan fingerprint density at radius 1 is 0.900 bits per heavy atom. The average Bonchev–Trinajstić information content (AvgIpc) is 2.91. The van der Waals surface area contributed by atoms with Gasteiger partial charge < -0.3 is 10.2 Å². The summed E-state index contributed by atoms with van der Waals surface area (Å²) in [6.45, 7) is 3.31. The lowest BCUT2D eigenvalue weighted by atomic mass is 10.1. The van der Waals surface area contributed by atoms with E-state index in [4.69, 9.17) is 46.4 Å². The van der Waals surface area contributed by atoms with Crippen molar-refractivity contribution in [1.29, 1.82) is 0 Å². The van der Waals surface area contributed by atoms with Crippen LogP contribution in [0.3, 0.4) is 0 Å². The number of carbonyl (C=O) groups is 2. The van der Waals surface area contributed by atoms with Gasteiger partial charge in [0.15, 0.2) is 0 Å². The summed E-state index contributed by atoms with van der Waals surface area (Å²) >= 11 is 24.9. The Morgan fingerprint density at radius 3 is 2.12 bits per heavy atom. The molecular formula is C28H29Cl4N3O4S. The maximum Gasteiger partial charge on any atom is 0.264 e. The highest BCUT2D eigenvalue weighted by Gasteiger charge is 2.33. The molecule has 3 aromatic carbocycles. The Balaban J connectivity index is 2.04. The van der Waals surface area contributed by atoms with Crippen LogP contribution in [0.5, 0.6) is 0 Å². The van der Waals surface area contributed by atoms with Gasteiger partial charge in [0.05, 0.1) is 15.6 Å². The SMILES string of the molecule is CCCCNC(=O)[C@@H](C)N(Cc1ccc(Cl)cc1Cl)C(=O)CN(c1ccc(Cl)cc1Cl)S(=O)(=O)c1ccccc1. The van der Waals surface area contributed by atoms with Gasteiger partial charge in [0, 0.05) is 28.2 Å². The summed E-state index contributed by atoms with van der Waals surface area (Å²) in [7, 11) is -4.25. The van der Waals surface area contributed by atoms with Gasteiger partial charge in [0.2, 0.25) is 11.8 Å². The molecule has 2 amide bonds. The molecule has 3 rings (SSSR count). The van der Waals surface area contributed by atoms with Gasteiger partial charge in [-0.05, 0) is 61.4 Å². The first-order chi connectivity index (χ1) is 18.9. The predicted octanol–water partition coefficient (Wildman–Crippen LogP) is 6.83. The Hall–Kier alpha value is -2.49. The molecule has 12 heteroatoms. The minimum Gasteiger partial charge on any atom is -0.354 e. The van der Waals surface area contributed by atoms with Gasteiger partial charge >= 0.3 is 0 Å². The maximum absolute atomic E-state index is 13.9. The molecule has 0 aromatic heterocycles. The first-order valence-electron chi connectivity index (χ1n) is 12.5. The van der Waals surface area contributed by atoms with Crippen molar-refractivity contribution in [2.45, 2.75) is 44.2 Å². The molecule has 0 unspecified atom stereocenters. The number of hydrogen-bond acceptors (Lipinski definition) is 4. The number of halogens is 4. The second-order valence-electron chi connectivity index (χ2n) is 9.00. The van der Waals surface area contributed by atoms with Crippen LogP contribution in [0, 0.1) is 0 Å². The Bertz CT molecular complexity index is 1460. The van der Waals surface area contributed by atoms with Gasteiger partial charge in [-0.2, -0.15) is 0 Å². The van der Waals surface area contributed by atoms with Crippen LogP contribution < -0.4 is 9.62 Å². The van der Waals surface area contributed by atoms with Crippen molar-refractivity contribution in [2.24, 2.45) is 0 Å². The molecule has 0 aliphatic heterocycles. The van der Waals surface area contributed by atoms with Crippen LogP contribution in [-0.4, -0.2) is 44.3 Å². The Morgan fingerprint density at radius 2 is 1.52 bits per heavy atom. The van der Waals surface area contributed by atoms with E-state index in [1.165, 1.54) is 41.3 Å². The minimum absolute atomic E-state index is 0.0357. The second kappa shape index (κ2) is 14.4. The molecule has 0 saturated heterocycles. The number of nitrogens with one attached hydrogen (secondary N) is 1. The van der Waals surface area contributed by atoms with Crippen molar-refractivity contribution < 1.29 is 18.0 Å². The monoisotopic (exact) mass is 643 g/mol. The minimum atomic E-state index is -4.25. The third kappa shape index (κ3) is 8.04. The molecule has 7 nitrogen and oxygen atoms in total. The van der Waals surface area contributed by atoms with E-state index in [1.54, 1.807) is 37.3 Å². The highest BCUT2D eigenvalue weighted by Crippen LogP contribution is 2.33. The average molecular weight is 645 g/mol.